The van der Waals surface area contributed by atoms with Crippen LogP contribution in [0.5, 0.6) is 0 Å². The minimum absolute atomic E-state index is 0.148. The molecule has 0 aliphatic heterocycles. The topological polar surface area (TPSA) is 88.3 Å². The zero-order valence-corrected chi connectivity index (χ0v) is 10.9. The van der Waals surface area contributed by atoms with Crippen LogP contribution in [0.4, 0.5) is 5.82 Å². The number of rotatable bonds is 6. The Kier molecular flexibility index (Phi) is 4.86. The number of nitrogens with one attached hydrogen (secondary N) is 1. The number of pyridine rings is 1. The Balaban J connectivity index is 2.59. The summed E-state index contributed by atoms with van der Waals surface area (Å²) in [5.74, 6) is 6.10. The second kappa shape index (κ2) is 5.95. The molecule has 0 atom stereocenters. The first-order chi connectivity index (χ1) is 7.92. The summed E-state index contributed by atoms with van der Waals surface area (Å²) in [7, 11) is -1.07. The van der Waals surface area contributed by atoms with Gasteiger partial charge in [0, 0.05) is 31.1 Å². The lowest BCUT2D eigenvalue weighted by atomic mass is 10.2. The SMILES string of the molecule is CN(CCS(C)(=O)=O)Cc1cccnc1NN. The number of nitrogen functional groups attached to an aromatic ring is 1. The van der Waals surface area contributed by atoms with Crippen LogP contribution in [0.25, 0.3) is 0 Å². The van der Waals surface area contributed by atoms with E-state index in [1.54, 1.807) is 6.20 Å². The van der Waals surface area contributed by atoms with Crippen molar-refractivity contribution in [1.82, 2.24) is 9.88 Å². The predicted octanol–water partition coefficient (Wildman–Crippen LogP) is -0.156. The number of hydrogen-bond acceptors (Lipinski definition) is 6. The molecule has 96 valence electrons. The van der Waals surface area contributed by atoms with Crippen molar-refractivity contribution in [3.05, 3.63) is 23.9 Å². The van der Waals surface area contributed by atoms with Crippen LogP contribution in [0.2, 0.25) is 0 Å². The van der Waals surface area contributed by atoms with E-state index in [4.69, 9.17) is 5.84 Å². The minimum atomic E-state index is -2.92. The highest BCUT2D eigenvalue weighted by atomic mass is 32.2. The first-order valence-corrected chi connectivity index (χ1v) is 7.25. The van der Waals surface area contributed by atoms with Crippen LogP contribution >= 0.6 is 0 Å². The molecule has 0 radical (unpaired) electrons. The normalized spacial score (nSPS) is 11.8. The first-order valence-electron chi connectivity index (χ1n) is 5.19. The molecule has 0 unspecified atom stereocenters. The monoisotopic (exact) mass is 258 g/mol. The van der Waals surface area contributed by atoms with Gasteiger partial charge in [0.05, 0.1) is 5.75 Å². The van der Waals surface area contributed by atoms with Crippen molar-refractivity contribution in [3.8, 4) is 0 Å². The number of hydrogen-bond donors (Lipinski definition) is 2. The van der Waals surface area contributed by atoms with Crippen molar-refractivity contribution in [3.63, 3.8) is 0 Å². The van der Waals surface area contributed by atoms with Crippen molar-refractivity contribution in [2.45, 2.75) is 6.54 Å². The lowest BCUT2D eigenvalue weighted by Crippen LogP contribution is -2.25. The molecule has 17 heavy (non-hydrogen) atoms. The Labute approximate surface area is 102 Å². The van der Waals surface area contributed by atoms with Crippen molar-refractivity contribution in [1.29, 1.82) is 0 Å². The number of anilines is 1. The molecule has 0 fully saturated rings. The van der Waals surface area contributed by atoms with Crippen LogP contribution in [0, 0.1) is 0 Å². The first kappa shape index (κ1) is 13.9. The summed E-state index contributed by atoms with van der Waals surface area (Å²) >= 11 is 0. The molecule has 0 saturated carbocycles. The van der Waals surface area contributed by atoms with Crippen LogP contribution in [0.1, 0.15) is 5.56 Å². The van der Waals surface area contributed by atoms with Gasteiger partial charge in [0.25, 0.3) is 0 Å². The third kappa shape index (κ3) is 5.12. The molecule has 0 aliphatic rings. The molecule has 7 heteroatoms. The third-order valence-corrected chi connectivity index (χ3v) is 3.24. The molecular weight excluding hydrogens is 240 g/mol. The van der Waals surface area contributed by atoms with Crippen molar-refractivity contribution in [2.75, 3.05) is 31.0 Å². The number of nitrogens with zero attached hydrogens (tertiary/aromatic N) is 2. The van der Waals surface area contributed by atoms with E-state index >= 15 is 0 Å². The molecule has 3 N–H and O–H groups in total. The molecule has 0 saturated heterocycles. The number of hydrazine groups is 1. The lowest BCUT2D eigenvalue weighted by molar-refractivity contribution is 0.346. The van der Waals surface area contributed by atoms with E-state index in [0.717, 1.165) is 5.56 Å². The average Bonchev–Trinajstić information content (AvgIpc) is 2.26. The van der Waals surface area contributed by atoms with E-state index in [-0.39, 0.29) is 5.75 Å². The van der Waals surface area contributed by atoms with E-state index in [1.807, 2.05) is 24.1 Å². The van der Waals surface area contributed by atoms with Crippen molar-refractivity contribution >= 4 is 15.7 Å². The fourth-order valence-corrected chi connectivity index (χ4v) is 2.03. The molecule has 1 aromatic heterocycles. The molecule has 0 bridgehead atoms. The summed E-state index contributed by atoms with van der Waals surface area (Å²) in [5, 5.41) is 0. The Morgan fingerprint density at radius 3 is 2.82 bits per heavy atom. The molecule has 0 spiro atoms. The summed E-state index contributed by atoms with van der Waals surface area (Å²) in [6, 6.07) is 3.72. The third-order valence-electron chi connectivity index (χ3n) is 2.31. The second-order valence-electron chi connectivity index (χ2n) is 4.02. The van der Waals surface area contributed by atoms with Crippen LogP contribution in [0.3, 0.4) is 0 Å². The van der Waals surface area contributed by atoms with E-state index in [9.17, 15) is 8.42 Å². The smallest absolute Gasteiger partial charge is 0.148 e. The highest BCUT2D eigenvalue weighted by Gasteiger charge is 2.08. The molecule has 1 heterocycles. The summed E-state index contributed by atoms with van der Waals surface area (Å²) in [4.78, 5) is 5.99. The van der Waals surface area contributed by atoms with Gasteiger partial charge in [-0.25, -0.2) is 19.2 Å². The fraction of sp³-hybridized carbons (Fsp3) is 0.500. The van der Waals surface area contributed by atoms with E-state index in [0.29, 0.717) is 18.9 Å². The maximum atomic E-state index is 11.0. The highest BCUT2D eigenvalue weighted by Crippen LogP contribution is 2.11. The summed E-state index contributed by atoms with van der Waals surface area (Å²) in [6.45, 7) is 1.08. The maximum Gasteiger partial charge on any atom is 0.148 e. The van der Waals surface area contributed by atoms with Gasteiger partial charge < -0.3 is 10.3 Å². The van der Waals surface area contributed by atoms with Gasteiger partial charge in [0.1, 0.15) is 15.7 Å². The van der Waals surface area contributed by atoms with Gasteiger partial charge in [-0.05, 0) is 13.1 Å². The fourth-order valence-electron chi connectivity index (χ4n) is 1.39. The molecule has 0 aliphatic carbocycles. The summed E-state index contributed by atoms with van der Waals surface area (Å²) < 4.78 is 22.1. The Morgan fingerprint density at radius 1 is 1.53 bits per heavy atom. The van der Waals surface area contributed by atoms with Crippen molar-refractivity contribution in [2.24, 2.45) is 5.84 Å². The van der Waals surface area contributed by atoms with Gasteiger partial charge in [-0.3, -0.25) is 0 Å². The Bertz CT molecular complexity index is 461. The molecule has 0 aromatic carbocycles. The van der Waals surface area contributed by atoms with Crippen LogP contribution in [0.15, 0.2) is 18.3 Å². The molecular formula is C10H18N4O2S. The van der Waals surface area contributed by atoms with Crippen LogP contribution in [-0.2, 0) is 16.4 Å². The van der Waals surface area contributed by atoms with Gasteiger partial charge in [-0.1, -0.05) is 6.07 Å². The van der Waals surface area contributed by atoms with Gasteiger partial charge in [-0.15, -0.1) is 0 Å². The van der Waals surface area contributed by atoms with Crippen LogP contribution < -0.4 is 11.3 Å². The van der Waals surface area contributed by atoms with Gasteiger partial charge in [0.15, 0.2) is 0 Å². The lowest BCUT2D eigenvalue weighted by Gasteiger charge is -2.17. The zero-order chi connectivity index (χ0) is 12.9. The zero-order valence-electron chi connectivity index (χ0n) is 10.0. The van der Waals surface area contributed by atoms with Gasteiger partial charge in [0.2, 0.25) is 0 Å². The number of sulfone groups is 1. The number of nitrogens with two attached hydrogens (primary N) is 1. The number of aromatic nitrogens is 1. The van der Waals surface area contributed by atoms with Crippen molar-refractivity contribution < 1.29 is 8.42 Å². The van der Waals surface area contributed by atoms with Gasteiger partial charge in [-0.2, -0.15) is 0 Å². The largest absolute Gasteiger partial charge is 0.308 e. The standard InChI is InChI=1S/C10H18N4O2S/c1-14(6-7-17(2,15)16)8-9-4-3-5-12-10(9)13-11/h3-5H,6-8,11H2,1-2H3,(H,12,13). The maximum absolute atomic E-state index is 11.0. The Morgan fingerprint density at radius 2 is 2.24 bits per heavy atom. The Hall–Kier alpha value is -1.18. The van der Waals surface area contributed by atoms with E-state index in [2.05, 4.69) is 10.4 Å². The van der Waals surface area contributed by atoms with E-state index < -0.39 is 9.84 Å². The van der Waals surface area contributed by atoms with Gasteiger partial charge >= 0.3 is 0 Å². The second-order valence-corrected chi connectivity index (χ2v) is 6.28. The highest BCUT2D eigenvalue weighted by molar-refractivity contribution is 7.90. The molecule has 1 aromatic rings. The van der Waals surface area contributed by atoms with E-state index in [1.165, 1.54) is 6.26 Å². The molecule has 6 nitrogen and oxygen atoms in total. The molecule has 0 amide bonds. The predicted molar refractivity (Wildman–Crippen MR) is 68.1 cm³/mol. The summed E-state index contributed by atoms with van der Waals surface area (Å²) in [6.07, 6.45) is 2.88. The minimum Gasteiger partial charge on any atom is -0.308 e. The average molecular weight is 258 g/mol. The molecule has 1 rings (SSSR count). The van der Waals surface area contributed by atoms with Crippen LogP contribution in [-0.4, -0.2) is 43.9 Å². The quantitative estimate of drug-likeness (QED) is 0.544. The summed E-state index contributed by atoms with van der Waals surface area (Å²) in [5.41, 5.74) is 3.45.